The van der Waals surface area contributed by atoms with E-state index in [1.54, 1.807) is 5.56 Å². The molecule has 0 aromatic heterocycles. The molecule has 176 valence electrons. The van der Waals surface area contributed by atoms with Gasteiger partial charge in [0.25, 0.3) is 0 Å². The van der Waals surface area contributed by atoms with Crippen LogP contribution in [0.3, 0.4) is 0 Å². The minimum atomic E-state index is 0.274. The highest BCUT2D eigenvalue weighted by Crippen LogP contribution is 2.47. The van der Waals surface area contributed by atoms with Crippen molar-refractivity contribution in [1.82, 2.24) is 0 Å². The van der Waals surface area contributed by atoms with Gasteiger partial charge in [-0.15, -0.1) is 0 Å². The first-order valence-corrected chi connectivity index (χ1v) is 13.0. The molecule has 0 radical (unpaired) electrons. The molecule has 0 fully saturated rings. The van der Waals surface area contributed by atoms with E-state index in [-0.39, 0.29) is 5.92 Å². The van der Waals surface area contributed by atoms with Crippen LogP contribution >= 0.6 is 0 Å². The van der Waals surface area contributed by atoms with Crippen LogP contribution < -0.4 is 0 Å². The second-order valence-electron chi connectivity index (χ2n) is 10.2. The summed E-state index contributed by atoms with van der Waals surface area (Å²) in [5.74, 6) is 0.274. The minimum Gasteiger partial charge on any atom is -0.0758 e. The number of hydrogen-bond acceptors (Lipinski definition) is 0. The Kier molecular flexibility index (Phi) is 6.99. The Balaban J connectivity index is 0.00000133. The molecule has 1 unspecified atom stereocenters. The van der Waals surface area contributed by atoms with Crippen molar-refractivity contribution in [3.8, 4) is 0 Å². The topological polar surface area (TPSA) is 0 Å². The maximum absolute atomic E-state index is 2.48. The molecule has 0 saturated heterocycles. The van der Waals surface area contributed by atoms with Gasteiger partial charge >= 0.3 is 0 Å². The third-order valence-corrected chi connectivity index (χ3v) is 7.50. The normalized spacial score (nSPS) is 15.8. The first kappa shape index (κ1) is 24.3. The predicted molar refractivity (Wildman–Crippen MR) is 150 cm³/mol. The van der Waals surface area contributed by atoms with Crippen molar-refractivity contribution in [2.24, 2.45) is 0 Å². The second-order valence-corrected chi connectivity index (χ2v) is 10.2. The molecule has 0 heteroatoms. The quantitative estimate of drug-likeness (QED) is 0.286. The fraction of sp³-hybridized carbons (Fsp3) is 0.353. The van der Waals surface area contributed by atoms with E-state index in [1.807, 2.05) is 13.8 Å². The first-order valence-electron chi connectivity index (χ1n) is 13.0. The third-order valence-electron chi connectivity index (χ3n) is 7.50. The van der Waals surface area contributed by atoms with Gasteiger partial charge in [0.1, 0.15) is 0 Å². The lowest BCUT2D eigenvalue weighted by atomic mass is 9.69. The zero-order valence-corrected chi connectivity index (χ0v) is 22.4. The Morgan fingerprint density at radius 3 is 2.09 bits per heavy atom. The summed E-state index contributed by atoms with van der Waals surface area (Å²) >= 11 is 0. The number of allylic oxidation sites excluding steroid dienone is 2. The molecule has 0 aliphatic heterocycles. The summed E-state index contributed by atoms with van der Waals surface area (Å²) in [6.45, 7) is 17.5. The molecule has 0 bridgehead atoms. The van der Waals surface area contributed by atoms with Gasteiger partial charge in [-0.25, -0.2) is 0 Å². The van der Waals surface area contributed by atoms with E-state index < -0.39 is 0 Å². The van der Waals surface area contributed by atoms with Crippen LogP contribution in [0.15, 0.2) is 53.6 Å². The molecule has 0 saturated carbocycles. The van der Waals surface area contributed by atoms with E-state index in [4.69, 9.17) is 0 Å². The van der Waals surface area contributed by atoms with Crippen molar-refractivity contribution < 1.29 is 0 Å². The minimum absolute atomic E-state index is 0.274. The van der Waals surface area contributed by atoms with Gasteiger partial charge in [-0.2, -0.15) is 0 Å². The zero-order valence-electron chi connectivity index (χ0n) is 22.4. The van der Waals surface area contributed by atoms with Crippen LogP contribution in [0.1, 0.15) is 108 Å². The summed E-state index contributed by atoms with van der Waals surface area (Å²) < 4.78 is 0. The van der Waals surface area contributed by atoms with Crippen molar-refractivity contribution >= 4 is 12.2 Å². The van der Waals surface area contributed by atoms with Crippen LogP contribution in [0.2, 0.25) is 0 Å². The summed E-state index contributed by atoms with van der Waals surface area (Å²) in [5.41, 5.74) is 18.9. The molecular formula is C34H40. The first-order chi connectivity index (χ1) is 16.3. The second kappa shape index (κ2) is 9.79. The molecule has 2 aliphatic carbocycles. The van der Waals surface area contributed by atoms with Gasteiger partial charge in [0.2, 0.25) is 0 Å². The summed E-state index contributed by atoms with van der Waals surface area (Å²) in [4.78, 5) is 0. The van der Waals surface area contributed by atoms with Crippen molar-refractivity contribution in [3.63, 3.8) is 0 Å². The molecule has 0 spiro atoms. The fourth-order valence-corrected chi connectivity index (χ4v) is 5.65. The summed E-state index contributed by atoms with van der Waals surface area (Å²) in [7, 11) is 0. The molecule has 5 rings (SSSR count). The molecule has 0 heterocycles. The molecule has 34 heavy (non-hydrogen) atoms. The van der Waals surface area contributed by atoms with Crippen molar-refractivity contribution in [2.75, 3.05) is 0 Å². The summed E-state index contributed by atoms with van der Waals surface area (Å²) in [5, 5.41) is 0. The van der Waals surface area contributed by atoms with Gasteiger partial charge in [-0.1, -0.05) is 79.6 Å². The van der Waals surface area contributed by atoms with Gasteiger partial charge in [-0.05, 0) is 122 Å². The highest BCUT2D eigenvalue weighted by atomic mass is 14.4. The largest absolute Gasteiger partial charge is 0.0758 e. The van der Waals surface area contributed by atoms with Gasteiger partial charge < -0.3 is 0 Å². The van der Waals surface area contributed by atoms with E-state index in [0.29, 0.717) is 0 Å². The van der Waals surface area contributed by atoms with Gasteiger partial charge in [-0.3, -0.25) is 0 Å². The van der Waals surface area contributed by atoms with Crippen LogP contribution in [0.5, 0.6) is 0 Å². The number of rotatable bonds is 2. The highest BCUT2D eigenvalue weighted by Gasteiger charge is 2.32. The number of benzene rings is 3. The lowest BCUT2D eigenvalue weighted by molar-refractivity contribution is 0.851. The Bertz CT molecular complexity index is 1280. The van der Waals surface area contributed by atoms with Gasteiger partial charge in [0, 0.05) is 5.92 Å². The van der Waals surface area contributed by atoms with Crippen LogP contribution in [0.25, 0.3) is 12.2 Å². The Morgan fingerprint density at radius 2 is 1.38 bits per heavy atom. The van der Waals surface area contributed by atoms with E-state index in [1.165, 1.54) is 73.2 Å². The predicted octanol–water partition coefficient (Wildman–Crippen LogP) is 9.50. The molecule has 3 aromatic carbocycles. The third kappa shape index (κ3) is 4.31. The number of aryl methyl sites for hydroxylation is 4. The van der Waals surface area contributed by atoms with E-state index in [0.717, 1.165) is 12.8 Å². The summed E-state index contributed by atoms with van der Waals surface area (Å²) in [6, 6.07) is 16.6. The maximum atomic E-state index is 2.48. The standard InChI is InChI=1S/C32H34.C2H6/c1-19(2)15-28-22(5)9-12-26-18-27-14-13-24-10-7-20(3)16-29(24)31(27)32(30(26)28)25-11-8-21(4)23(6)17-25;1-2/h8-9,11-17,32H,7,10,18H2,1-6H3;1-2H3. The SMILES string of the molecule is CC.CC(C)=Cc1c(C)ccc2c1C(c1ccc(C)c(C)c1)c1c(ccc3c1C=C(C)CC3)C2. The zero-order chi connectivity index (χ0) is 24.6. The average Bonchev–Trinajstić information content (AvgIpc) is 2.82. The van der Waals surface area contributed by atoms with Crippen molar-refractivity contribution in [1.29, 1.82) is 0 Å². The average molecular weight is 449 g/mol. The molecule has 0 N–H and O–H groups in total. The molecule has 3 aromatic rings. The van der Waals surface area contributed by atoms with E-state index in [2.05, 4.69) is 96.2 Å². The van der Waals surface area contributed by atoms with Gasteiger partial charge in [0.05, 0.1) is 0 Å². The maximum Gasteiger partial charge on any atom is 0.0357 e. The lowest BCUT2D eigenvalue weighted by Crippen LogP contribution is -2.20. The van der Waals surface area contributed by atoms with E-state index in [9.17, 15) is 0 Å². The van der Waals surface area contributed by atoms with E-state index >= 15 is 0 Å². The number of hydrogen-bond donors (Lipinski definition) is 0. The molecule has 0 nitrogen and oxygen atoms in total. The van der Waals surface area contributed by atoms with Crippen LogP contribution in [-0.2, 0) is 12.8 Å². The number of fused-ring (bicyclic) bond motifs is 4. The van der Waals surface area contributed by atoms with Crippen LogP contribution in [-0.4, -0.2) is 0 Å². The lowest BCUT2D eigenvalue weighted by Gasteiger charge is -2.35. The monoisotopic (exact) mass is 448 g/mol. The van der Waals surface area contributed by atoms with Crippen LogP contribution in [0.4, 0.5) is 0 Å². The molecule has 1 atom stereocenters. The fourth-order valence-electron chi connectivity index (χ4n) is 5.65. The molecule has 2 aliphatic rings. The van der Waals surface area contributed by atoms with Gasteiger partial charge in [0.15, 0.2) is 0 Å². The smallest absolute Gasteiger partial charge is 0.0357 e. The van der Waals surface area contributed by atoms with Crippen LogP contribution in [0, 0.1) is 20.8 Å². The Labute approximate surface area is 207 Å². The Morgan fingerprint density at radius 1 is 0.735 bits per heavy atom. The molecule has 0 amide bonds. The Hall–Kier alpha value is -2.86. The van der Waals surface area contributed by atoms with Crippen molar-refractivity contribution in [2.45, 2.75) is 80.6 Å². The van der Waals surface area contributed by atoms with Crippen molar-refractivity contribution in [3.05, 3.63) is 115 Å². The summed E-state index contributed by atoms with van der Waals surface area (Å²) in [6.07, 6.45) is 8.25. The highest BCUT2D eigenvalue weighted by molar-refractivity contribution is 5.74. The molecular weight excluding hydrogens is 408 g/mol.